The maximum atomic E-state index is 12.9. The van der Waals surface area contributed by atoms with Crippen LogP contribution in [0.2, 0.25) is 0 Å². The zero-order valence-electron chi connectivity index (χ0n) is 19.3. The van der Waals surface area contributed by atoms with Crippen LogP contribution in [0.1, 0.15) is 61.2 Å². The van der Waals surface area contributed by atoms with Gasteiger partial charge < -0.3 is 29.9 Å². The summed E-state index contributed by atoms with van der Waals surface area (Å²) in [5, 5.41) is 40.8. The maximum Gasteiger partial charge on any atom is 0.174 e. The summed E-state index contributed by atoms with van der Waals surface area (Å²) in [4.78, 5) is 12.9. The van der Waals surface area contributed by atoms with E-state index in [1.807, 2.05) is 19.1 Å². The fourth-order valence-electron chi connectivity index (χ4n) is 3.67. The summed E-state index contributed by atoms with van der Waals surface area (Å²) in [6.07, 6.45) is 5.61. The molecule has 3 rings (SSSR count). The molecule has 4 N–H and O–H groups in total. The second kappa shape index (κ2) is 9.58. The number of phenols is 3. The van der Waals surface area contributed by atoms with Gasteiger partial charge in [0.15, 0.2) is 17.3 Å². The van der Waals surface area contributed by atoms with E-state index in [1.54, 1.807) is 32.1 Å². The van der Waals surface area contributed by atoms with Crippen LogP contribution in [0.25, 0.3) is 0 Å². The van der Waals surface area contributed by atoms with E-state index in [0.29, 0.717) is 12.0 Å². The molecule has 1 heterocycles. The molecule has 1 unspecified atom stereocenters. The Morgan fingerprint density at radius 1 is 1.21 bits per heavy atom. The van der Waals surface area contributed by atoms with E-state index >= 15 is 0 Å². The highest BCUT2D eigenvalue weighted by molar-refractivity contribution is 6.03. The molecule has 0 bridgehead atoms. The van der Waals surface area contributed by atoms with Gasteiger partial charge in [-0.15, -0.1) is 0 Å². The number of benzene rings is 2. The Labute approximate surface area is 193 Å². The predicted molar refractivity (Wildman–Crippen MR) is 124 cm³/mol. The smallest absolute Gasteiger partial charge is 0.174 e. The number of aromatic hydroxyl groups is 3. The van der Waals surface area contributed by atoms with Crippen molar-refractivity contribution in [1.82, 2.24) is 0 Å². The highest BCUT2D eigenvalue weighted by Crippen LogP contribution is 2.45. The number of rotatable bonds is 7. The topological polar surface area (TPSA) is 116 Å². The molecule has 2 aromatic carbocycles. The highest BCUT2D eigenvalue weighted by Gasteiger charge is 2.33. The van der Waals surface area contributed by atoms with E-state index in [9.17, 15) is 25.2 Å². The van der Waals surface area contributed by atoms with E-state index in [4.69, 9.17) is 9.47 Å². The normalized spacial score (nSPS) is 16.6. The number of hydrogen-bond donors (Lipinski definition) is 4. The Balaban J connectivity index is 1.83. The zero-order valence-corrected chi connectivity index (χ0v) is 19.3. The van der Waals surface area contributed by atoms with Crippen LogP contribution < -0.4 is 9.47 Å². The molecule has 0 aliphatic carbocycles. The number of carbonyl (C=O) groups excluding carboxylic acids is 1. The molecule has 0 radical (unpaired) electrons. The van der Waals surface area contributed by atoms with Gasteiger partial charge in [0.05, 0.1) is 19.1 Å². The molecule has 0 spiro atoms. The minimum absolute atomic E-state index is 0.00465. The van der Waals surface area contributed by atoms with Gasteiger partial charge in [0, 0.05) is 11.6 Å². The third kappa shape index (κ3) is 5.68. The number of allylic oxidation sites excluding steroid dienone is 3. The molecule has 33 heavy (non-hydrogen) atoms. The summed E-state index contributed by atoms with van der Waals surface area (Å²) in [7, 11) is 1.43. The number of Topliss-reactive ketones (excluding diaryl/α,β-unsaturated/α-hetero) is 1. The van der Waals surface area contributed by atoms with E-state index in [0.717, 1.165) is 5.57 Å². The molecule has 0 fully saturated rings. The Hall–Kier alpha value is -3.45. The van der Waals surface area contributed by atoms with Crippen LogP contribution in [0, 0.1) is 0 Å². The lowest BCUT2D eigenvalue weighted by molar-refractivity contribution is 0.0844. The van der Waals surface area contributed by atoms with E-state index in [2.05, 4.69) is 0 Å². The van der Waals surface area contributed by atoms with Crippen LogP contribution in [0.4, 0.5) is 0 Å². The molecule has 7 nitrogen and oxygen atoms in total. The number of phenolic OH excluding ortho intramolecular Hbond substituents is 3. The number of fused-ring (bicyclic) bond motifs is 1. The molecular weight excluding hydrogens is 424 g/mol. The SMILES string of the molecule is COc1cc(C2CC(=O)c3c(cc(O)c(CC=C(C)CC=CC(C)(C)O)c3O)O2)ccc1O. The van der Waals surface area contributed by atoms with Gasteiger partial charge in [-0.05, 0) is 51.3 Å². The molecule has 0 saturated carbocycles. The molecule has 0 amide bonds. The molecule has 2 aromatic rings. The summed E-state index contributed by atoms with van der Waals surface area (Å²) in [5.74, 6) is -0.416. The van der Waals surface area contributed by atoms with E-state index in [-0.39, 0.29) is 58.5 Å². The number of hydrogen-bond acceptors (Lipinski definition) is 7. The number of carbonyl (C=O) groups is 1. The van der Waals surface area contributed by atoms with Gasteiger partial charge in [-0.25, -0.2) is 0 Å². The van der Waals surface area contributed by atoms with Crippen LogP contribution >= 0.6 is 0 Å². The second-order valence-corrected chi connectivity index (χ2v) is 8.78. The van der Waals surface area contributed by atoms with Crippen LogP contribution in [-0.4, -0.2) is 38.9 Å². The van der Waals surface area contributed by atoms with Crippen molar-refractivity contribution in [3.05, 3.63) is 64.8 Å². The van der Waals surface area contributed by atoms with Crippen LogP contribution in [0.3, 0.4) is 0 Å². The molecule has 0 saturated heterocycles. The average Bonchev–Trinajstić information content (AvgIpc) is 2.72. The lowest BCUT2D eigenvalue weighted by Crippen LogP contribution is -2.21. The molecule has 0 aromatic heterocycles. The van der Waals surface area contributed by atoms with Crippen molar-refractivity contribution >= 4 is 5.78 Å². The largest absolute Gasteiger partial charge is 0.507 e. The number of ketones is 1. The van der Waals surface area contributed by atoms with Crippen molar-refractivity contribution in [3.63, 3.8) is 0 Å². The molecule has 1 aliphatic heterocycles. The number of methoxy groups -OCH3 is 1. The standard InChI is InChI=1S/C26H30O7/c1-15(6-5-11-26(2,3)31)7-9-17-19(28)13-23-24(25(17)30)20(29)14-21(33-23)16-8-10-18(27)22(12-16)32-4/h5,7-8,10-13,21,27-28,30-31H,6,9,14H2,1-4H3. The van der Waals surface area contributed by atoms with Gasteiger partial charge in [0.25, 0.3) is 0 Å². The van der Waals surface area contributed by atoms with Crippen molar-refractivity contribution in [1.29, 1.82) is 0 Å². The van der Waals surface area contributed by atoms with Gasteiger partial charge in [0.2, 0.25) is 0 Å². The highest BCUT2D eigenvalue weighted by atomic mass is 16.5. The van der Waals surface area contributed by atoms with Gasteiger partial charge in [0.1, 0.15) is 28.9 Å². The first kappa shape index (κ1) is 24.2. The van der Waals surface area contributed by atoms with Crippen LogP contribution in [0.15, 0.2) is 48.1 Å². The van der Waals surface area contributed by atoms with Gasteiger partial charge in [-0.1, -0.05) is 29.9 Å². The van der Waals surface area contributed by atoms with Crippen molar-refractivity contribution in [2.75, 3.05) is 7.11 Å². The minimum Gasteiger partial charge on any atom is -0.507 e. The number of ether oxygens (including phenoxy) is 2. The van der Waals surface area contributed by atoms with Crippen molar-refractivity contribution in [3.8, 4) is 28.7 Å². The Kier molecular flexibility index (Phi) is 7.03. The summed E-state index contributed by atoms with van der Waals surface area (Å²) >= 11 is 0. The summed E-state index contributed by atoms with van der Waals surface area (Å²) in [6, 6.07) is 6.03. The molecule has 176 valence electrons. The van der Waals surface area contributed by atoms with Crippen LogP contribution in [-0.2, 0) is 6.42 Å². The average molecular weight is 455 g/mol. The van der Waals surface area contributed by atoms with E-state index in [1.165, 1.54) is 19.2 Å². The summed E-state index contributed by atoms with van der Waals surface area (Å²) in [6.45, 7) is 5.28. The Bertz CT molecular complexity index is 1110. The van der Waals surface area contributed by atoms with Crippen molar-refractivity contribution in [2.24, 2.45) is 0 Å². The lowest BCUT2D eigenvalue weighted by atomic mass is 9.92. The second-order valence-electron chi connectivity index (χ2n) is 8.78. The third-order valence-corrected chi connectivity index (χ3v) is 5.46. The fourth-order valence-corrected chi connectivity index (χ4v) is 3.67. The minimum atomic E-state index is -0.890. The van der Waals surface area contributed by atoms with Gasteiger partial charge >= 0.3 is 0 Å². The first-order chi connectivity index (χ1) is 15.5. The first-order valence-corrected chi connectivity index (χ1v) is 10.7. The van der Waals surface area contributed by atoms with Crippen molar-refractivity contribution < 1.29 is 34.7 Å². The van der Waals surface area contributed by atoms with Crippen molar-refractivity contribution in [2.45, 2.75) is 51.7 Å². The molecule has 7 heteroatoms. The summed E-state index contributed by atoms with van der Waals surface area (Å²) in [5.41, 5.74) is 1.03. The van der Waals surface area contributed by atoms with Gasteiger partial charge in [-0.2, -0.15) is 0 Å². The predicted octanol–water partition coefficient (Wildman–Crippen LogP) is 4.72. The lowest BCUT2D eigenvalue weighted by Gasteiger charge is -2.27. The van der Waals surface area contributed by atoms with Crippen LogP contribution in [0.5, 0.6) is 28.7 Å². The quantitative estimate of drug-likeness (QED) is 0.447. The fraction of sp³-hybridized carbons (Fsp3) is 0.346. The first-order valence-electron chi connectivity index (χ1n) is 10.7. The number of aliphatic hydroxyl groups is 1. The third-order valence-electron chi connectivity index (χ3n) is 5.46. The molecule has 1 atom stereocenters. The Morgan fingerprint density at radius 3 is 2.61 bits per heavy atom. The zero-order chi connectivity index (χ0) is 24.3. The van der Waals surface area contributed by atoms with E-state index < -0.39 is 11.7 Å². The molecule has 1 aliphatic rings. The monoisotopic (exact) mass is 454 g/mol. The Morgan fingerprint density at radius 2 is 1.94 bits per heavy atom. The summed E-state index contributed by atoms with van der Waals surface area (Å²) < 4.78 is 11.1. The maximum absolute atomic E-state index is 12.9. The molecular formula is C26H30O7. The van der Waals surface area contributed by atoms with Gasteiger partial charge in [-0.3, -0.25) is 4.79 Å².